The number of benzene rings is 1. The molecule has 0 amide bonds. The number of ether oxygens (including phenoxy) is 1. The summed E-state index contributed by atoms with van der Waals surface area (Å²) >= 11 is 0. The van der Waals surface area contributed by atoms with Crippen LogP contribution in [0.1, 0.15) is 31.7 Å². The van der Waals surface area contributed by atoms with Crippen LogP contribution in [0.3, 0.4) is 0 Å². The molecule has 0 bridgehead atoms. The molecule has 0 aromatic heterocycles. The van der Waals surface area contributed by atoms with E-state index in [0.717, 1.165) is 6.61 Å². The van der Waals surface area contributed by atoms with Crippen LogP contribution in [0.15, 0.2) is 30.3 Å². The minimum absolute atomic E-state index is 0.121. The molecule has 0 heterocycles. The first kappa shape index (κ1) is 8.76. The quantitative estimate of drug-likeness (QED) is 0.688. The van der Waals surface area contributed by atoms with Gasteiger partial charge in [-0.15, -0.1) is 0 Å². The Bertz CT molecular complexity index is 280. The number of hydrogen-bond donors (Lipinski definition) is 0. The van der Waals surface area contributed by atoms with Crippen molar-refractivity contribution in [2.45, 2.75) is 31.8 Å². The molecule has 1 saturated carbocycles. The summed E-state index contributed by atoms with van der Waals surface area (Å²) in [6, 6.07) is 10.6. The van der Waals surface area contributed by atoms with E-state index >= 15 is 0 Å². The topological polar surface area (TPSA) is 9.23 Å². The highest BCUT2D eigenvalue weighted by Crippen LogP contribution is 2.53. The predicted molar refractivity (Wildman–Crippen MR) is 53.8 cm³/mol. The van der Waals surface area contributed by atoms with Gasteiger partial charge in [-0.1, -0.05) is 30.3 Å². The molecule has 13 heavy (non-hydrogen) atoms. The van der Waals surface area contributed by atoms with Gasteiger partial charge in [0.15, 0.2) is 0 Å². The van der Waals surface area contributed by atoms with Crippen molar-refractivity contribution in [3.05, 3.63) is 35.9 Å². The Kier molecular flexibility index (Phi) is 2.12. The van der Waals surface area contributed by atoms with Gasteiger partial charge in [0.25, 0.3) is 0 Å². The SMILES string of the molecule is CCO[C@@]1(C)C[C@@H]1c1ccccc1. The molecule has 0 N–H and O–H groups in total. The Hall–Kier alpha value is -0.820. The first-order chi connectivity index (χ1) is 6.26. The average Bonchev–Trinajstić information content (AvgIpc) is 2.80. The first-order valence-electron chi connectivity index (χ1n) is 4.95. The summed E-state index contributed by atoms with van der Waals surface area (Å²) in [6.45, 7) is 5.08. The van der Waals surface area contributed by atoms with Gasteiger partial charge in [0.2, 0.25) is 0 Å². The van der Waals surface area contributed by atoms with Crippen LogP contribution in [0.2, 0.25) is 0 Å². The van der Waals surface area contributed by atoms with E-state index in [0.29, 0.717) is 5.92 Å². The Morgan fingerprint density at radius 1 is 1.38 bits per heavy atom. The monoisotopic (exact) mass is 176 g/mol. The van der Waals surface area contributed by atoms with Crippen LogP contribution < -0.4 is 0 Å². The van der Waals surface area contributed by atoms with Gasteiger partial charge in [-0.3, -0.25) is 0 Å². The summed E-state index contributed by atoms with van der Waals surface area (Å²) in [6.07, 6.45) is 1.17. The predicted octanol–water partition coefficient (Wildman–Crippen LogP) is 2.97. The van der Waals surface area contributed by atoms with Crippen molar-refractivity contribution >= 4 is 0 Å². The molecular weight excluding hydrogens is 160 g/mol. The van der Waals surface area contributed by atoms with E-state index in [1.54, 1.807) is 0 Å². The van der Waals surface area contributed by atoms with Gasteiger partial charge in [-0.25, -0.2) is 0 Å². The molecule has 1 aromatic carbocycles. The molecule has 1 heteroatoms. The van der Waals surface area contributed by atoms with Crippen LogP contribution in [-0.4, -0.2) is 12.2 Å². The normalized spacial score (nSPS) is 31.7. The molecule has 0 aliphatic heterocycles. The highest BCUT2D eigenvalue weighted by Gasteiger charge is 2.51. The standard InChI is InChI=1S/C12H16O/c1-3-13-12(2)9-11(12)10-7-5-4-6-8-10/h4-8,11H,3,9H2,1-2H3/t11-,12+/m1/s1. The molecule has 1 aliphatic carbocycles. The zero-order chi connectivity index (χ0) is 9.31. The van der Waals surface area contributed by atoms with E-state index in [1.165, 1.54) is 12.0 Å². The van der Waals surface area contributed by atoms with Crippen LogP contribution in [-0.2, 0) is 4.74 Å². The van der Waals surface area contributed by atoms with E-state index in [-0.39, 0.29) is 5.60 Å². The maximum atomic E-state index is 5.71. The second kappa shape index (κ2) is 3.15. The Balaban J connectivity index is 2.07. The molecular formula is C12H16O. The van der Waals surface area contributed by atoms with Gasteiger partial charge >= 0.3 is 0 Å². The van der Waals surface area contributed by atoms with Crippen molar-refractivity contribution in [2.24, 2.45) is 0 Å². The van der Waals surface area contributed by atoms with Gasteiger partial charge in [0.1, 0.15) is 0 Å². The lowest BCUT2D eigenvalue weighted by atomic mass is 10.1. The maximum Gasteiger partial charge on any atom is 0.0730 e. The van der Waals surface area contributed by atoms with Gasteiger partial charge in [0.05, 0.1) is 5.60 Å². The average molecular weight is 176 g/mol. The van der Waals surface area contributed by atoms with E-state index in [2.05, 4.69) is 44.2 Å². The van der Waals surface area contributed by atoms with Gasteiger partial charge in [-0.2, -0.15) is 0 Å². The summed E-state index contributed by atoms with van der Waals surface area (Å²) in [5, 5.41) is 0. The van der Waals surface area contributed by atoms with E-state index in [9.17, 15) is 0 Å². The van der Waals surface area contributed by atoms with Crippen molar-refractivity contribution < 1.29 is 4.74 Å². The van der Waals surface area contributed by atoms with E-state index in [1.807, 2.05) is 0 Å². The largest absolute Gasteiger partial charge is 0.375 e. The van der Waals surface area contributed by atoms with Crippen LogP contribution in [0.25, 0.3) is 0 Å². The van der Waals surface area contributed by atoms with Crippen molar-refractivity contribution in [1.29, 1.82) is 0 Å². The molecule has 1 aromatic rings. The van der Waals surface area contributed by atoms with Crippen LogP contribution in [0, 0.1) is 0 Å². The number of hydrogen-bond acceptors (Lipinski definition) is 1. The van der Waals surface area contributed by atoms with Crippen LogP contribution >= 0.6 is 0 Å². The fourth-order valence-electron chi connectivity index (χ4n) is 1.99. The second-order valence-electron chi connectivity index (χ2n) is 3.91. The van der Waals surface area contributed by atoms with Crippen molar-refractivity contribution in [1.82, 2.24) is 0 Å². The molecule has 2 atom stereocenters. The fraction of sp³-hybridized carbons (Fsp3) is 0.500. The zero-order valence-electron chi connectivity index (χ0n) is 8.29. The minimum Gasteiger partial charge on any atom is -0.375 e. The number of rotatable bonds is 3. The summed E-state index contributed by atoms with van der Waals surface area (Å²) in [7, 11) is 0. The van der Waals surface area contributed by atoms with Crippen LogP contribution in [0.5, 0.6) is 0 Å². The lowest BCUT2D eigenvalue weighted by Crippen LogP contribution is -2.11. The first-order valence-corrected chi connectivity index (χ1v) is 4.95. The molecule has 2 rings (SSSR count). The summed E-state index contributed by atoms with van der Waals surface area (Å²) in [5.74, 6) is 0.619. The Labute approximate surface area is 79.7 Å². The lowest BCUT2D eigenvalue weighted by Gasteiger charge is -2.10. The summed E-state index contributed by atoms with van der Waals surface area (Å²) in [5.41, 5.74) is 1.54. The third-order valence-corrected chi connectivity index (χ3v) is 2.86. The van der Waals surface area contributed by atoms with Gasteiger partial charge in [-0.05, 0) is 25.8 Å². The molecule has 70 valence electrons. The summed E-state index contributed by atoms with van der Waals surface area (Å²) in [4.78, 5) is 0. The maximum absolute atomic E-state index is 5.71. The van der Waals surface area contributed by atoms with Crippen molar-refractivity contribution in [3.8, 4) is 0 Å². The molecule has 1 aliphatic rings. The van der Waals surface area contributed by atoms with Gasteiger partial charge in [0, 0.05) is 12.5 Å². The minimum atomic E-state index is 0.121. The lowest BCUT2D eigenvalue weighted by molar-refractivity contribution is 0.0513. The van der Waals surface area contributed by atoms with E-state index < -0.39 is 0 Å². The highest BCUT2D eigenvalue weighted by molar-refractivity contribution is 5.30. The Morgan fingerprint density at radius 2 is 2.08 bits per heavy atom. The molecule has 1 fully saturated rings. The van der Waals surface area contributed by atoms with Crippen molar-refractivity contribution in [3.63, 3.8) is 0 Å². The Morgan fingerprint density at radius 3 is 2.69 bits per heavy atom. The molecule has 0 radical (unpaired) electrons. The fourth-order valence-corrected chi connectivity index (χ4v) is 1.99. The highest BCUT2D eigenvalue weighted by atomic mass is 16.5. The third kappa shape index (κ3) is 1.61. The molecule has 0 unspecified atom stereocenters. The molecule has 0 saturated heterocycles. The van der Waals surface area contributed by atoms with Crippen molar-refractivity contribution in [2.75, 3.05) is 6.61 Å². The van der Waals surface area contributed by atoms with E-state index in [4.69, 9.17) is 4.74 Å². The molecule has 1 nitrogen and oxygen atoms in total. The van der Waals surface area contributed by atoms with Gasteiger partial charge < -0.3 is 4.74 Å². The second-order valence-corrected chi connectivity index (χ2v) is 3.91. The van der Waals surface area contributed by atoms with Crippen LogP contribution in [0.4, 0.5) is 0 Å². The third-order valence-electron chi connectivity index (χ3n) is 2.86. The zero-order valence-corrected chi connectivity index (χ0v) is 8.29. The summed E-state index contributed by atoms with van der Waals surface area (Å²) < 4.78 is 5.71. The molecule has 0 spiro atoms. The smallest absolute Gasteiger partial charge is 0.0730 e.